The molecule has 114 valence electrons. The van der Waals surface area contributed by atoms with Gasteiger partial charge in [-0.05, 0) is 41.5 Å². The van der Waals surface area contributed by atoms with Crippen molar-refractivity contribution in [1.29, 1.82) is 0 Å². The summed E-state index contributed by atoms with van der Waals surface area (Å²) in [4.78, 5) is 0. The fourth-order valence-electron chi connectivity index (χ4n) is 4.29. The first-order chi connectivity index (χ1) is 10.5. The first kappa shape index (κ1) is 15.3. The quantitative estimate of drug-likeness (QED) is 0.351. The minimum atomic E-state index is -1.46. The maximum Gasteiger partial charge on any atom is 0.0613 e. The Labute approximate surface area is 135 Å². The highest BCUT2D eigenvalue weighted by Crippen LogP contribution is 2.55. The van der Waals surface area contributed by atoms with Crippen molar-refractivity contribution in [3.05, 3.63) is 72.3 Å². The van der Waals surface area contributed by atoms with Gasteiger partial charge in [-0.1, -0.05) is 74.2 Å². The summed E-state index contributed by atoms with van der Waals surface area (Å²) < 4.78 is 0. The van der Waals surface area contributed by atoms with E-state index >= 15 is 0 Å². The molecular formula is C21H26Si. The van der Waals surface area contributed by atoms with Gasteiger partial charge in [-0.25, -0.2) is 0 Å². The topological polar surface area (TPSA) is 0 Å². The smallest absolute Gasteiger partial charge is 0.0613 e. The van der Waals surface area contributed by atoms with Gasteiger partial charge in [0.1, 0.15) is 0 Å². The van der Waals surface area contributed by atoms with E-state index in [9.17, 15) is 0 Å². The largest absolute Gasteiger partial charge is 0.103 e. The van der Waals surface area contributed by atoms with E-state index in [0.29, 0.717) is 0 Å². The van der Waals surface area contributed by atoms with Crippen LogP contribution in [-0.4, -0.2) is 8.07 Å². The van der Waals surface area contributed by atoms with Gasteiger partial charge >= 0.3 is 0 Å². The van der Waals surface area contributed by atoms with Gasteiger partial charge in [-0.2, -0.15) is 0 Å². The molecule has 0 saturated heterocycles. The summed E-state index contributed by atoms with van der Waals surface area (Å²) in [7, 11) is -1.46. The van der Waals surface area contributed by atoms with Gasteiger partial charge in [0.2, 0.25) is 0 Å². The third kappa shape index (κ3) is 2.11. The van der Waals surface area contributed by atoms with Gasteiger partial charge in [0.15, 0.2) is 0 Å². The fourth-order valence-corrected chi connectivity index (χ4v) is 7.27. The maximum absolute atomic E-state index is 3.91. The van der Waals surface area contributed by atoms with E-state index in [1.807, 2.05) is 0 Å². The number of hydrogen-bond donors (Lipinski definition) is 0. The zero-order valence-electron chi connectivity index (χ0n) is 14.0. The molecule has 0 heterocycles. The third-order valence-corrected chi connectivity index (χ3v) is 8.65. The van der Waals surface area contributed by atoms with Gasteiger partial charge in [0.25, 0.3) is 0 Å². The second kappa shape index (κ2) is 5.55. The van der Waals surface area contributed by atoms with Crippen LogP contribution in [-0.2, 0) is 5.04 Å². The molecule has 0 saturated carbocycles. The molecule has 0 bridgehead atoms. The van der Waals surface area contributed by atoms with Crippen LogP contribution in [0.1, 0.15) is 30.4 Å². The second-order valence-corrected chi connectivity index (χ2v) is 12.8. The summed E-state index contributed by atoms with van der Waals surface area (Å²) in [5.74, 6) is 0. The Hall–Kier alpha value is -1.60. The molecule has 3 rings (SSSR count). The SMILES string of the molecule is C=CCCCC1([Si](C)(C)C)c2ccccc2-c2ccccc21. The van der Waals surface area contributed by atoms with Crippen LogP contribution < -0.4 is 0 Å². The predicted octanol–water partition coefficient (Wildman–Crippen LogP) is 6.19. The van der Waals surface area contributed by atoms with Crippen LogP contribution in [0.25, 0.3) is 11.1 Å². The Bertz CT molecular complexity index is 646. The summed E-state index contributed by atoms with van der Waals surface area (Å²) in [6, 6.07) is 18.2. The molecular weight excluding hydrogens is 280 g/mol. The number of fused-ring (bicyclic) bond motifs is 3. The van der Waals surface area contributed by atoms with Gasteiger partial charge < -0.3 is 0 Å². The lowest BCUT2D eigenvalue weighted by Gasteiger charge is -2.43. The van der Waals surface area contributed by atoms with Crippen molar-refractivity contribution in [3.8, 4) is 11.1 Å². The average Bonchev–Trinajstić information content (AvgIpc) is 2.79. The summed E-state index contributed by atoms with van der Waals surface area (Å²) in [6.45, 7) is 11.5. The molecule has 1 heteroatoms. The zero-order chi connectivity index (χ0) is 15.8. The van der Waals surface area contributed by atoms with E-state index in [1.165, 1.54) is 24.0 Å². The van der Waals surface area contributed by atoms with E-state index in [1.54, 1.807) is 11.1 Å². The molecule has 0 aliphatic heterocycles. The zero-order valence-corrected chi connectivity index (χ0v) is 15.0. The van der Waals surface area contributed by atoms with Crippen molar-refractivity contribution in [1.82, 2.24) is 0 Å². The van der Waals surface area contributed by atoms with Crippen LogP contribution in [0.4, 0.5) is 0 Å². The highest BCUT2D eigenvalue weighted by atomic mass is 28.3. The maximum atomic E-state index is 3.91. The van der Waals surface area contributed by atoms with Crippen molar-refractivity contribution in [2.75, 3.05) is 0 Å². The van der Waals surface area contributed by atoms with Crippen LogP contribution in [0.5, 0.6) is 0 Å². The number of hydrogen-bond acceptors (Lipinski definition) is 0. The normalized spacial score (nSPS) is 15.2. The lowest BCUT2D eigenvalue weighted by Crippen LogP contribution is -2.49. The molecule has 0 unspecified atom stereocenters. The molecule has 0 fully saturated rings. The third-order valence-electron chi connectivity index (χ3n) is 5.30. The van der Waals surface area contributed by atoms with Crippen molar-refractivity contribution >= 4 is 8.07 Å². The van der Waals surface area contributed by atoms with Crippen LogP contribution >= 0.6 is 0 Å². The summed E-state index contributed by atoms with van der Waals surface area (Å²) in [5, 5.41) is 0.239. The highest BCUT2D eigenvalue weighted by Gasteiger charge is 2.50. The molecule has 0 atom stereocenters. The molecule has 2 aromatic rings. The van der Waals surface area contributed by atoms with E-state index < -0.39 is 8.07 Å². The molecule has 1 aliphatic rings. The van der Waals surface area contributed by atoms with Crippen molar-refractivity contribution in [2.24, 2.45) is 0 Å². The van der Waals surface area contributed by atoms with E-state index in [4.69, 9.17) is 0 Å². The van der Waals surface area contributed by atoms with Crippen molar-refractivity contribution < 1.29 is 0 Å². The lowest BCUT2D eigenvalue weighted by atomic mass is 9.90. The first-order valence-corrected chi connectivity index (χ1v) is 11.8. The molecule has 0 spiro atoms. The fraction of sp³-hybridized carbons (Fsp3) is 0.333. The highest BCUT2D eigenvalue weighted by molar-refractivity contribution is 6.80. The molecule has 0 amide bonds. The Balaban J connectivity index is 2.26. The Morgan fingerprint density at radius 1 is 0.909 bits per heavy atom. The van der Waals surface area contributed by atoms with Gasteiger partial charge in [-0.3, -0.25) is 0 Å². The molecule has 0 aromatic heterocycles. The van der Waals surface area contributed by atoms with Crippen LogP contribution in [0.2, 0.25) is 19.6 Å². The number of benzene rings is 2. The molecule has 22 heavy (non-hydrogen) atoms. The molecule has 0 radical (unpaired) electrons. The monoisotopic (exact) mass is 306 g/mol. The van der Waals surface area contributed by atoms with Gasteiger partial charge in [0.05, 0.1) is 8.07 Å². The molecule has 1 aliphatic carbocycles. The van der Waals surface area contributed by atoms with Gasteiger partial charge in [0, 0.05) is 5.04 Å². The van der Waals surface area contributed by atoms with Crippen molar-refractivity contribution in [2.45, 2.75) is 43.9 Å². The summed E-state index contributed by atoms with van der Waals surface area (Å²) in [6.07, 6.45) is 5.63. The lowest BCUT2D eigenvalue weighted by molar-refractivity contribution is 0.599. The number of unbranched alkanes of at least 4 members (excludes halogenated alkanes) is 1. The second-order valence-electron chi connectivity index (χ2n) is 7.43. The Morgan fingerprint density at radius 3 is 1.86 bits per heavy atom. The van der Waals surface area contributed by atoms with Crippen molar-refractivity contribution in [3.63, 3.8) is 0 Å². The molecule has 0 nitrogen and oxygen atoms in total. The Kier molecular flexibility index (Phi) is 3.86. The number of rotatable bonds is 5. The minimum absolute atomic E-state index is 0.239. The summed E-state index contributed by atoms with van der Waals surface area (Å²) >= 11 is 0. The summed E-state index contributed by atoms with van der Waals surface area (Å²) in [5.41, 5.74) is 6.05. The Morgan fingerprint density at radius 2 is 1.41 bits per heavy atom. The van der Waals surface area contributed by atoms with Gasteiger partial charge in [-0.15, -0.1) is 6.58 Å². The molecule has 2 aromatic carbocycles. The van der Waals surface area contributed by atoms with Crippen LogP contribution in [0.3, 0.4) is 0 Å². The first-order valence-electron chi connectivity index (χ1n) is 8.32. The van der Waals surface area contributed by atoms with E-state index in [2.05, 4.69) is 80.8 Å². The minimum Gasteiger partial charge on any atom is -0.103 e. The standard InChI is InChI=1S/C21H26Si/c1-5-6-11-16-21(22(2,3)4)19-14-9-7-12-17(19)18-13-8-10-15-20(18)21/h5,7-10,12-15H,1,6,11,16H2,2-4H3. The molecule has 0 N–H and O–H groups in total. The van der Waals surface area contributed by atoms with E-state index in [-0.39, 0.29) is 5.04 Å². The van der Waals surface area contributed by atoms with Crippen LogP contribution in [0, 0.1) is 0 Å². The average molecular weight is 307 g/mol. The number of allylic oxidation sites excluding steroid dienone is 1. The van der Waals surface area contributed by atoms with Crippen LogP contribution in [0.15, 0.2) is 61.2 Å². The van der Waals surface area contributed by atoms with E-state index in [0.717, 1.165) is 6.42 Å². The predicted molar refractivity (Wildman–Crippen MR) is 100 cm³/mol.